The van der Waals surface area contributed by atoms with Crippen LogP contribution in [0.15, 0.2) is 18.3 Å². The first-order valence-electron chi connectivity index (χ1n) is 3.27. The average Bonchev–Trinajstić information content (AvgIpc) is 2.02. The molecule has 8 heteroatoms. The van der Waals surface area contributed by atoms with Crippen LogP contribution in [0.25, 0.3) is 0 Å². The van der Waals surface area contributed by atoms with Crippen LogP contribution in [0.1, 0.15) is 5.69 Å². The van der Waals surface area contributed by atoms with Gasteiger partial charge in [-0.2, -0.15) is 17.9 Å². The second kappa shape index (κ2) is 3.13. The van der Waals surface area contributed by atoms with Crippen molar-refractivity contribution in [2.75, 3.05) is 0 Å². The predicted molar refractivity (Wildman–Crippen MR) is 37.1 cm³/mol. The number of rotatable bonds is 1. The summed E-state index contributed by atoms with van der Waals surface area (Å²) in [6.07, 6.45) is -4.45. The first-order valence-corrected chi connectivity index (χ1v) is 3.27. The van der Waals surface area contributed by atoms with Crippen molar-refractivity contribution in [3.05, 3.63) is 39.3 Å². The number of halogens is 3. The lowest BCUT2D eigenvalue weighted by Gasteiger charge is -2.06. The molecule has 0 saturated heterocycles. The Kier molecular flexibility index (Phi) is 2.28. The third-order valence-electron chi connectivity index (χ3n) is 1.40. The monoisotopic (exact) mass is 208 g/mol. The standard InChI is InChI=1S/C6H3F3N2O3/c7-6(8,9)5-3-4(11(13)14)1-2-10(5)12/h1-3H. The number of hydrogen-bond donors (Lipinski definition) is 0. The van der Waals surface area contributed by atoms with E-state index in [2.05, 4.69) is 0 Å². The van der Waals surface area contributed by atoms with E-state index < -0.39 is 27.2 Å². The molecule has 0 radical (unpaired) electrons. The second-order valence-corrected chi connectivity index (χ2v) is 2.35. The number of nitro groups is 1. The van der Waals surface area contributed by atoms with Crippen LogP contribution < -0.4 is 4.73 Å². The van der Waals surface area contributed by atoms with Crippen molar-refractivity contribution >= 4 is 5.69 Å². The molecule has 1 aromatic rings. The Morgan fingerprint density at radius 3 is 2.43 bits per heavy atom. The van der Waals surface area contributed by atoms with Gasteiger partial charge in [0.2, 0.25) is 0 Å². The molecule has 5 nitrogen and oxygen atoms in total. The summed E-state index contributed by atoms with van der Waals surface area (Å²) >= 11 is 0. The smallest absolute Gasteiger partial charge is 0.479 e. The molecule has 0 saturated carbocycles. The summed E-state index contributed by atoms with van der Waals surface area (Å²) < 4.78 is 35.7. The molecule has 0 fully saturated rings. The molecule has 1 rings (SSSR count). The average molecular weight is 208 g/mol. The summed E-state index contributed by atoms with van der Waals surface area (Å²) in [5, 5.41) is 20.7. The maximum absolute atomic E-state index is 12.0. The molecule has 1 heterocycles. The molecular weight excluding hydrogens is 205 g/mol. The van der Waals surface area contributed by atoms with Crippen LogP contribution in [0, 0.1) is 15.3 Å². The second-order valence-electron chi connectivity index (χ2n) is 2.35. The third kappa shape index (κ3) is 1.90. The summed E-state index contributed by atoms with van der Waals surface area (Å²) in [6.45, 7) is 0. The van der Waals surface area contributed by atoms with Crippen molar-refractivity contribution in [1.29, 1.82) is 0 Å². The molecule has 0 atom stereocenters. The fourth-order valence-corrected chi connectivity index (χ4v) is 0.797. The van der Waals surface area contributed by atoms with E-state index in [9.17, 15) is 28.5 Å². The minimum absolute atomic E-state index is 0.188. The zero-order chi connectivity index (χ0) is 10.9. The van der Waals surface area contributed by atoms with Crippen molar-refractivity contribution in [3.8, 4) is 0 Å². The van der Waals surface area contributed by atoms with Crippen molar-refractivity contribution in [2.24, 2.45) is 0 Å². The number of pyridine rings is 1. The molecule has 0 spiro atoms. The van der Waals surface area contributed by atoms with Crippen LogP contribution in [0.4, 0.5) is 18.9 Å². The van der Waals surface area contributed by atoms with E-state index in [0.717, 1.165) is 0 Å². The summed E-state index contributed by atoms with van der Waals surface area (Å²) in [7, 11) is 0. The van der Waals surface area contributed by atoms with E-state index >= 15 is 0 Å². The quantitative estimate of drug-likeness (QED) is 0.301. The molecule has 14 heavy (non-hydrogen) atoms. The fourth-order valence-electron chi connectivity index (χ4n) is 0.797. The first-order chi connectivity index (χ1) is 6.32. The van der Waals surface area contributed by atoms with Crippen LogP contribution in [0.2, 0.25) is 0 Å². The fraction of sp³-hybridized carbons (Fsp3) is 0.167. The van der Waals surface area contributed by atoms with E-state index in [4.69, 9.17) is 0 Å². The van der Waals surface area contributed by atoms with Crippen LogP contribution in [0.5, 0.6) is 0 Å². The van der Waals surface area contributed by atoms with Gasteiger partial charge in [-0.25, -0.2) is 0 Å². The summed E-state index contributed by atoms with van der Waals surface area (Å²) in [6, 6.07) is 0.884. The van der Waals surface area contributed by atoms with Gasteiger partial charge in [0.15, 0.2) is 6.20 Å². The van der Waals surface area contributed by atoms with Crippen molar-refractivity contribution in [3.63, 3.8) is 0 Å². The summed E-state index contributed by atoms with van der Waals surface area (Å²) in [5.74, 6) is 0. The molecule has 0 bridgehead atoms. The van der Waals surface area contributed by atoms with Gasteiger partial charge >= 0.3 is 11.9 Å². The Morgan fingerprint density at radius 1 is 1.43 bits per heavy atom. The molecule has 0 amide bonds. The van der Waals surface area contributed by atoms with Gasteiger partial charge in [0.25, 0.3) is 5.69 Å². The number of hydrogen-bond acceptors (Lipinski definition) is 3. The van der Waals surface area contributed by atoms with Crippen LogP contribution in [-0.2, 0) is 6.18 Å². The Labute approximate surface area is 75.1 Å². The van der Waals surface area contributed by atoms with Gasteiger partial charge in [-0.1, -0.05) is 0 Å². The topological polar surface area (TPSA) is 70.1 Å². The van der Waals surface area contributed by atoms with Gasteiger partial charge in [-0.05, 0) is 0 Å². The van der Waals surface area contributed by atoms with Crippen LogP contribution >= 0.6 is 0 Å². The summed E-state index contributed by atoms with van der Waals surface area (Å²) in [4.78, 5) is 9.11. The molecule has 0 aliphatic carbocycles. The minimum Gasteiger partial charge on any atom is -0.618 e. The van der Waals surface area contributed by atoms with Crippen LogP contribution in [-0.4, -0.2) is 4.92 Å². The van der Waals surface area contributed by atoms with Gasteiger partial charge in [-0.15, -0.1) is 0 Å². The maximum atomic E-state index is 12.0. The normalized spacial score (nSPS) is 11.4. The zero-order valence-electron chi connectivity index (χ0n) is 6.49. The lowest BCUT2D eigenvalue weighted by molar-refractivity contribution is -0.629. The summed E-state index contributed by atoms with van der Waals surface area (Å²) in [5.41, 5.74) is -2.38. The zero-order valence-corrected chi connectivity index (χ0v) is 6.49. The molecule has 0 aromatic carbocycles. The minimum atomic E-state index is -4.90. The predicted octanol–water partition coefficient (Wildman–Crippen LogP) is 1.25. The molecule has 1 aromatic heterocycles. The van der Waals surface area contributed by atoms with Crippen molar-refractivity contribution in [2.45, 2.75) is 6.18 Å². The molecule has 76 valence electrons. The number of nitrogens with zero attached hydrogens (tertiary/aromatic N) is 2. The van der Waals surface area contributed by atoms with Crippen molar-refractivity contribution in [1.82, 2.24) is 0 Å². The van der Waals surface area contributed by atoms with Gasteiger partial charge in [0.05, 0.1) is 17.1 Å². The molecule has 0 N–H and O–H groups in total. The van der Waals surface area contributed by atoms with Gasteiger partial charge in [0, 0.05) is 0 Å². The largest absolute Gasteiger partial charge is 0.618 e. The molecule has 0 aliphatic heterocycles. The Hall–Kier alpha value is -1.86. The Morgan fingerprint density at radius 2 is 2.00 bits per heavy atom. The van der Waals surface area contributed by atoms with Gasteiger partial charge in [0.1, 0.15) is 0 Å². The third-order valence-corrected chi connectivity index (χ3v) is 1.40. The van der Waals surface area contributed by atoms with E-state index in [1.165, 1.54) is 0 Å². The highest BCUT2D eigenvalue weighted by atomic mass is 19.4. The Bertz CT molecular complexity index is 377. The van der Waals surface area contributed by atoms with E-state index in [1.807, 2.05) is 0 Å². The van der Waals surface area contributed by atoms with Gasteiger partial charge < -0.3 is 5.21 Å². The lowest BCUT2D eigenvalue weighted by atomic mass is 10.3. The van der Waals surface area contributed by atoms with E-state index in [1.54, 1.807) is 0 Å². The number of alkyl halides is 3. The van der Waals surface area contributed by atoms with Crippen molar-refractivity contribution < 1.29 is 22.8 Å². The molecular formula is C6H3F3N2O3. The lowest BCUT2D eigenvalue weighted by Crippen LogP contribution is -2.36. The molecule has 0 aliphatic rings. The SMILES string of the molecule is O=[N+]([O-])c1cc[n+]([O-])c(C(F)(F)F)c1. The van der Waals surface area contributed by atoms with E-state index in [0.29, 0.717) is 12.3 Å². The molecule has 0 unspecified atom stereocenters. The van der Waals surface area contributed by atoms with Gasteiger partial charge in [-0.3, -0.25) is 10.1 Å². The number of aromatic nitrogens is 1. The maximum Gasteiger partial charge on any atom is 0.479 e. The highest BCUT2D eigenvalue weighted by Gasteiger charge is 2.41. The highest BCUT2D eigenvalue weighted by molar-refractivity contribution is 5.28. The van der Waals surface area contributed by atoms with Crippen LogP contribution in [0.3, 0.4) is 0 Å². The first kappa shape index (κ1) is 10.2. The Balaban J connectivity index is 3.29. The van der Waals surface area contributed by atoms with E-state index in [-0.39, 0.29) is 6.07 Å². The highest BCUT2D eigenvalue weighted by Crippen LogP contribution is 2.28.